The molecule has 0 fully saturated rings. The fraction of sp³-hybridized carbons (Fsp3) is 0.833. The third-order valence-electron chi connectivity index (χ3n) is 1.57. The van der Waals surface area contributed by atoms with Gasteiger partial charge in [0, 0.05) is 19.6 Å². The molecular formula is C6H11F3N2O. The summed E-state index contributed by atoms with van der Waals surface area (Å²) in [7, 11) is 1.08. The maximum Gasteiger partial charge on any atom is 0.471 e. The minimum Gasteiger partial charge on any atom is -0.334 e. The van der Waals surface area contributed by atoms with Crippen molar-refractivity contribution in [1.82, 2.24) is 4.90 Å². The van der Waals surface area contributed by atoms with Gasteiger partial charge in [-0.3, -0.25) is 4.79 Å². The van der Waals surface area contributed by atoms with Crippen molar-refractivity contribution < 1.29 is 18.0 Å². The lowest BCUT2D eigenvalue weighted by atomic mass is 10.3. The van der Waals surface area contributed by atoms with E-state index < -0.39 is 18.1 Å². The molecule has 0 aliphatic heterocycles. The molecule has 0 aliphatic rings. The smallest absolute Gasteiger partial charge is 0.334 e. The van der Waals surface area contributed by atoms with Crippen LogP contribution in [0.4, 0.5) is 13.2 Å². The Bertz CT molecular complexity index is 169. The molecule has 0 aromatic heterocycles. The molecule has 0 radical (unpaired) electrons. The molecular weight excluding hydrogens is 173 g/mol. The lowest BCUT2D eigenvalue weighted by molar-refractivity contribution is -0.185. The van der Waals surface area contributed by atoms with Crippen molar-refractivity contribution >= 4 is 5.91 Å². The Morgan fingerprint density at radius 3 is 2.25 bits per heavy atom. The molecule has 0 saturated carbocycles. The van der Waals surface area contributed by atoms with Crippen LogP contribution >= 0.6 is 0 Å². The van der Waals surface area contributed by atoms with Crippen molar-refractivity contribution in [2.75, 3.05) is 13.6 Å². The molecule has 0 bridgehead atoms. The number of amides is 1. The van der Waals surface area contributed by atoms with Crippen LogP contribution in [0.1, 0.15) is 6.92 Å². The van der Waals surface area contributed by atoms with E-state index >= 15 is 0 Å². The average Bonchev–Trinajstić information content (AvgIpc) is 1.98. The lowest BCUT2D eigenvalue weighted by Crippen LogP contribution is -2.46. The van der Waals surface area contributed by atoms with Gasteiger partial charge in [-0.25, -0.2) is 0 Å². The van der Waals surface area contributed by atoms with Crippen molar-refractivity contribution in [2.45, 2.75) is 19.1 Å². The first-order chi connectivity index (χ1) is 5.30. The van der Waals surface area contributed by atoms with Gasteiger partial charge in [0.05, 0.1) is 0 Å². The summed E-state index contributed by atoms with van der Waals surface area (Å²) in [6.07, 6.45) is -4.81. The normalized spacial score (nSPS) is 14.2. The van der Waals surface area contributed by atoms with Crippen LogP contribution in [0.15, 0.2) is 0 Å². The molecule has 0 aromatic carbocycles. The van der Waals surface area contributed by atoms with Gasteiger partial charge in [0.25, 0.3) is 0 Å². The van der Waals surface area contributed by atoms with Gasteiger partial charge < -0.3 is 10.6 Å². The first-order valence-electron chi connectivity index (χ1n) is 3.34. The second-order valence-corrected chi connectivity index (χ2v) is 2.50. The Hall–Kier alpha value is -0.780. The van der Waals surface area contributed by atoms with E-state index in [9.17, 15) is 18.0 Å². The predicted octanol–water partition coefficient (Wildman–Crippen LogP) is 0.354. The fourth-order valence-corrected chi connectivity index (χ4v) is 0.558. The molecule has 0 rings (SSSR count). The van der Waals surface area contributed by atoms with Crippen LogP contribution in [0.3, 0.4) is 0 Å². The summed E-state index contributed by atoms with van der Waals surface area (Å²) in [5.74, 6) is -1.86. The first-order valence-corrected chi connectivity index (χ1v) is 3.34. The summed E-state index contributed by atoms with van der Waals surface area (Å²) in [5.41, 5.74) is 5.09. The summed E-state index contributed by atoms with van der Waals surface area (Å²) in [5, 5.41) is 0. The summed E-state index contributed by atoms with van der Waals surface area (Å²) >= 11 is 0. The molecule has 1 amide bonds. The monoisotopic (exact) mass is 184 g/mol. The predicted molar refractivity (Wildman–Crippen MR) is 37.3 cm³/mol. The van der Waals surface area contributed by atoms with Crippen molar-refractivity contribution in [3.63, 3.8) is 0 Å². The minimum atomic E-state index is -4.81. The molecule has 2 N–H and O–H groups in total. The third-order valence-corrected chi connectivity index (χ3v) is 1.57. The molecule has 12 heavy (non-hydrogen) atoms. The zero-order valence-electron chi connectivity index (χ0n) is 6.85. The number of carbonyl (C=O) groups excluding carboxylic acids is 1. The zero-order valence-corrected chi connectivity index (χ0v) is 6.85. The van der Waals surface area contributed by atoms with Crippen LogP contribution in [0.5, 0.6) is 0 Å². The highest BCUT2D eigenvalue weighted by molar-refractivity contribution is 5.81. The summed E-state index contributed by atoms with van der Waals surface area (Å²) in [6, 6.07) is -0.598. The largest absolute Gasteiger partial charge is 0.471 e. The topological polar surface area (TPSA) is 46.3 Å². The molecule has 0 spiro atoms. The van der Waals surface area contributed by atoms with E-state index in [4.69, 9.17) is 5.73 Å². The van der Waals surface area contributed by atoms with Crippen molar-refractivity contribution in [1.29, 1.82) is 0 Å². The zero-order chi connectivity index (χ0) is 9.94. The van der Waals surface area contributed by atoms with E-state index in [0.29, 0.717) is 4.90 Å². The Labute approximate surface area is 68.3 Å². The van der Waals surface area contributed by atoms with Crippen LogP contribution < -0.4 is 5.73 Å². The van der Waals surface area contributed by atoms with Crippen molar-refractivity contribution in [3.8, 4) is 0 Å². The molecule has 0 aliphatic carbocycles. The fourth-order valence-electron chi connectivity index (χ4n) is 0.558. The van der Waals surface area contributed by atoms with Crippen LogP contribution in [0.2, 0.25) is 0 Å². The van der Waals surface area contributed by atoms with Gasteiger partial charge >= 0.3 is 12.1 Å². The van der Waals surface area contributed by atoms with E-state index in [0.717, 1.165) is 7.05 Å². The molecule has 0 heterocycles. The van der Waals surface area contributed by atoms with Crippen LogP contribution in [0, 0.1) is 0 Å². The van der Waals surface area contributed by atoms with E-state index in [1.807, 2.05) is 0 Å². The van der Waals surface area contributed by atoms with E-state index in [1.165, 1.54) is 6.92 Å². The molecule has 0 saturated heterocycles. The Kier molecular flexibility index (Phi) is 3.51. The van der Waals surface area contributed by atoms with Gasteiger partial charge in [-0.05, 0) is 6.92 Å². The third kappa shape index (κ3) is 2.69. The number of halogens is 3. The standard InChI is InChI=1S/C6H11F3N2O/c1-4(3-10)11(2)5(12)6(7,8)9/h4H,3,10H2,1-2H3/t4-/m1/s1. The summed E-state index contributed by atoms with van der Waals surface area (Å²) in [6.45, 7) is 1.46. The molecule has 0 unspecified atom stereocenters. The Balaban J connectivity index is 4.30. The van der Waals surface area contributed by atoms with Crippen LogP contribution in [-0.2, 0) is 4.79 Å². The van der Waals surface area contributed by atoms with Gasteiger partial charge in [0.1, 0.15) is 0 Å². The summed E-state index contributed by atoms with van der Waals surface area (Å²) in [4.78, 5) is 11.1. The number of hydrogen-bond donors (Lipinski definition) is 1. The molecule has 6 heteroatoms. The maximum absolute atomic E-state index is 11.8. The van der Waals surface area contributed by atoms with Crippen molar-refractivity contribution in [2.24, 2.45) is 5.73 Å². The molecule has 72 valence electrons. The number of likely N-dealkylation sites (N-methyl/N-ethyl adjacent to an activating group) is 1. The van der Waals surface area contributed by atoms with Gasteiger partial charge in [0.2, 0.25) is 0 Å². The highest BCUT2D eigenvalue weighted by Crippen LogP contribution is 2.18. The van der Waals surface area contributed by atoms with Crippen LogP contribution in [-0.4, -0.2) is 36.6 Å². The second kappa shape index (κ2) is 3.75. The van der Waals surface area contributed by atoms with Gasteiger partial charge in [0.15, 0.2) is 0 Å². The highest BCUT2D eigenvalue weighted by atomic mass is 19.4. The summed E-state index contributed by atoms with van der Waals surface area (Å²) < 4.78 is 35.3. The number of carbonyl (C=O) groups is 1. The number of alkyl halides is 3. The van der Waals surface area contributed by atoms with E-state index in [-0.39, 0.29) is 6.54 Å². The molecule has 3 nitrogen and oxygen atoms in total. The number of nitrogens with zero attached hydrogens (tertiary/aromatic N) is 1. The average molecular weight is 184 g/mol. The minimum absolute atomic E-state index is 0.0122. The van der Waals surface area contributed by atoms with E-state index in [1.54, 1.807) is 0 Å². The van der Waals surface area contributed by atoms with Crippen molar-refractivity contribution in [3.05, 3.63) is 0 Å². The number of nitrogens with two attached hydrogens (primary N) is 1. The van der Waals surface area contributed by atoms with Gasteiger partial charge in [-0.15, -0.1) is 0 Å². The Morgan fingerprint density at radius 2 is 2.00 bits per heavy atom. The lowest BCUT2D eigenvalue weighted by Gasteiger charge is -2.24. The van der Waals surface area contributed by atoms with Gasteiger partial charge in [-0.2, -0.15) is 13.2 Å². The Morgan fingerprint density at radius 1 is 1.58 bits per heavy atom. The van der Waals surface area contributed by atoms with Gasteiger partial charge in [-0.1, -0.05) is 0 Å². The first kappa shape index (κ1) is 11.2. The number of rotatable bonds is 2. The quantitative estimate of drug-likeness (QED) is 0.673. The highest BCUT2D eigenvalue weighted by Gasteiger charge is 2.42. The maximum atomic E-state index is 11.8. The van der Waals surface area contributed by atoms with Crippen LogP contribution in [0.25, 0.3) is 0 Å². The molecule has 1 atom stereocenters. The molecule has 0 aromatic rings. The SMILES string of the molecule is C[C@H](CN)N(C)C(=O)C(F)(F)F. The number of hydrogen-bond acceptors (Lipinski definition) is 2. The second-order valence-electron chi connectivity index (χ2n) is 2.50. The van der Waals surface area contributed by atoms with E-state index in [2.05, 4.69) is 0 Å².